The molecule has 2 aliphatic heterocycles. The lowest BCUT2D eigenvalue weighted by Crippen LogP contribution is -2.48. The quantitative estimate of drug-likeness (QED) is 0.751. The van der Waals surface area contributed by atoms with Gasteiger partial charge in [0.25, 0.3) is 5.91 Å². The van der Waals surface area contributed by atoms with Crippen LogP contribution < -0.4 is 11.1 Å². The molecule has 3 atom stereocenters. The van der Waals surface area contributed by atoms with Gasteiger partial charge in [0.15, 0.2) is 5.69 Å². The van der Waals surface area contributed by atoms with Gasteiger partial charge in [0.1, 0.15) is 5.76 Å². The van der Waals surface area contributed by atoms with Gasteiger partial charge in [0.2, 0.25) is 0 Å². The van der Waals surface area contributed by atoms with Crippen LogP contribution in [-0.2, 0) is 0 Å². The lowest BCUT2D eigenvalue weighted by Gasteiger charge is -2.40. The monoisotopic (exact) mass is 390 g/mol. The molecule has 0 spiro atoms. The Bertz CT molecular complexity index is 669. The fraction of sp³-hybridized carbons (Fsp3) is 0.800. The Morgan fingerprint density at radius 1 is 1.11 bits per heavy atom. The molecule has 0 aromatic carbocycles. The van der Waals surface area contributed by atoms with Gasteiger partial charge in [-0.15, -0.1) is 0 Å². The molecule has 2 unspecified atom stereocenters. The van der Waals surface area contributed by atoms with Crippen LogP contribution >= 0.6 is 11.9 Å². The molecule has 1 amide bonds. The molecular weight excluding hydrogens is 360 g/mol. The third kappa shape index (κ3) is 3.91. The third-order valence-electron chi connectivity index (χ3n) is 6.73. The van der Waals surface area contributed by atoms with Gasteiger partial charge in [0.05, 0.1) is 0 Å². The molecule has 5 rings (SSSR count). The molecular formula is C20H30N4O2S. The molecule has 2 aliphatic carbocycles. The van der Waals surface area contributed by atoms with Crippen LogP contribution in [0.25, 0.3) is 0 Å². The number of nitrogens with one attached hydrogen (secondary N) is 1. The minimum Gasteiger partial charge on any atom is -0.360 e. The number of nitrogens with two attached hydrogens (primary N) is 1. The van der Waals surface area contributed by atoms with Crippen LogP contribution in [0.2, 0.25) is 0 Å². The van der Waals surface area contributed by atoms with Crippen LogP contribution in [0, 0.1) is 0 Å². The number of hydrogen-bond donors (Lipinski definition) is 2. The van der Waals surface area contributed by atoms with Crippen molar-refractivity contribution in [3.05, 3.63) is 17.5 Å². The van der Waals surface area contributed by atoms with Crippen molar-refractivity contribution >= 4 is 17.9 Å². The van der Waals surface area contributed by atoms with Crippen LogP contribution in [0.15, 0.2) is 10.6 Å². The van der Waals surface area contributed by atoms with Crippen LogP contribution in [0.3, 0.4) is 0 Å². The fourth-order valence-electron chi connectivity index (χ4n) is 5.01. The molecule has 4 aliphatic rings. The number of amides is 1. The maximum absolute atomic E-state index is 12.6. The third-order valence-corrected chi connectivity index (χ3v) is 8.34. The Hall–Kier alpha value is -1.05. The van der Waals surface area contributed by atoms with E-state index in [0.717, 1.165) is 36.7 Å². The SMILES string of the molecule is NC1CCC(SN2C3CC[C@@H]2CC(NC(=O)c2cc(C4CC4)on2)C3)CC1. The fourth-order valence-corrected chi connectivity index (χ4v) is 6.56. The summed E-state index contributed by atoms with van der Waals surface area (Å²) in [7, 11) is 0. The molecule has 27 heavy (non-hydrogen) atoms. The first-order chi connectivity index (χ1) is 13.2. The second-order valence-corrected chi connectivity index (χ2v) is 10.2. The summed E-state index contributed by atoms with van der Waals surface area (Å²) < 4.78 is 8.00. The Labute approximate surface area is 165 Å². The number of hydrogen-bond acceptors (Lipinski definition) is 6. The number of piperidine rings is 1. The number of carbonyl (C=O) groups is 1. The van der Waals surface area contributed by atoms with Gasteiger partial charge in [0, 0.05) is 41.4 Å². The van der Waals surface area contributed by atoms with Gasteiger partial charge >= 0.3 is 0 Å². The van der Waals surface area contributed by atoms with Crippen molar-refractivity contribution in [1.29, 1.82) is 0 Å². The average Bonchev–Trinajstić information content (AvgIpc) is 3.34. The van der Waals surface area contributed by atoms with Crippen molar-refractivity contribution < 1.29 is 9.32 Å². The lowest BCUT2D eigenvalue weighted by atomic mass is 9.96. The van der Waals surface area contributed by atoms with Gasteiger partial charge in [-0.25, -0.2) is 4.31 Å². The molecule has 4 fully saturated rings. The highest BCUT2D eigenvalue weighted by molar-refractivity contribution is 7.97. The Morgan fingerprint density at radius 3 is 2.48 bits per heavy atom. The van der Waals surface area contributed by atoms with Gasteiger partial charge in [-0.3, -0.25) is 4.79 Å². The average molecular weight is 391 g/mol. The van der Waals surface area contributed by atoms with Crippen LogP contribution in [0.4, 0.5) is 0 Å². The second kappa shape index (κ2) is 7.41. The van der Waals surface area contributed by atoms with E-state index in [2.05, 4.69) is 26.7 Å². The van der Waals surface area contributed by atoms with Crippen molar-refractivity contribution in [2.24, 2.45) is 5.73 Å². The Balaban J connectivity index is 1.15. The minimum absolute atomic E-state index is 0.0718. The first-order valence-corrected chi connectivity index (χ1v) is 11.5. The van der Waals surface area contributed by atoms with E-state index in [4.69, 9.17) is 10.3 Å². The molecule has 3 heterocycles. The van der Waals surface area contributed by atoms with E-state index in [1.165, 1.54) is 38.5 Å². The molecule has 3 N–H and O–H groups in total. The molecule has 2 bridgehead atoms. The maximum atomic E-state index is 12.6. The Morgan fingerprint density at radius 2 is 1.81 bits per heavy atom. The molecule has 148 valence electrons. The van der Waals surface area contributed by atoms with E-state index in [1.807, 2.05) is 6.07 Å². The Kier molecular flexibility index (Phi) is 4.94. The van der Waals surface area contributed by atoms with E-state index in [-0.39, 0.29) is 11.9 Å². The van der Waals surface area contributed by atoms with E-state index in [1.54, 1.807) is 0 Å². The van der Waals surface area contributed by atoms with Crippen LogP contribution in [-0.4, -0.2) is 44.8 Å². The maximum Gasteiger partial charge on any atom is 0.273 e. The topological polar surface area (TPSA) is 84.4 Å². The van der Waals surface area contributed by atoms with E-state index in [0.29, 0.717) is 29.7 Å². The number of fused-ring (bicyclic) bond motifs is 2. The normalized spacial score (nSPS) is 36.7. The summed E-state index contributed by atoms with van der Waals surface area (Å²) in [5.74, 6) is 1.29. The van der Waals surface area contributed by atoms with Crippen LogP contribution in [0.1, 0.15) is 86.4 Å². The predicted molar refractivity (Wildman–Crippen MR) is 105 cm³/mol. The zero-order chi connectivity index (χ0) is 18.4. The van der Waals surface area contributed by atoms with E-state index < -0.39 is 0 Å². The number of carbonyl (C=O) groups excluding carboxylic acids is 1. The first kappa shape index (κ1) is 18.0. The summed E-state index contributed by atoms with van der Waals surface area (Å²) in [6.07, 6.45) is 11.8. The molecule has 6 nitrogen and oxygen atoms in total. The van der Waals surface area contributed by atoms with E-state index >= 15 is 0 Å². The smallest absolute Gasteiger partial charge is 0.273 e. The van der Waals surface area contributed by atoms with Crippen molar-refractivity contribution in [1.82, 2.24) is 14.8 Å². The second-order valence-electron chi connectivity index (χ2n) is 8.92. The first-order valence-electron chi connectivity index (χ1n) is 10.6. The van der Waals surface area contributed by atoms with Crippen LogP contribution in [0.5, 0.6) is 0 Å². The van der Waals surface area contributed by atoms with Crippen molar-refractivity contribution in [2.75, 3.05) is 0 Å². The summed E-state index contributed by atoms with van der Waals surface area (Å²) in [5, 5.41) is 7.94. The highest BCUT2D eigenvalue weighted by atomic mass is 32.2. The summed E-state index contributed by atoms with van der Waals surface area (Å²) in [5.41, 5.74) is 6.50. The van der Waals surface area contributed by atoms with Crippen molar-refractivity contribution in [3.63, 3.8) is 0 Å². The van der Waals surface area contributed by atoms with Gasteiger partial charge < -0.3 is 15.6 Å². The van der Waals surface area contributed by atoms with Crippen molar-refractivity contribution in [2.45, 2.75) is 99.5 Å². The van der Waals surface area contributed by atoms with E-state index in [9.17, 15) is 4.79 Å². The summed E-state index contributed by atoms with van der Waals surface area (Å²) in [6.45, 7) is 0. The standard InChI is InChI=1S/C20H30N4O2S/c21-13-3-7-17(8-4-13)27-24-15-5-6-16(24)10-14(9-15)22-20(25)18-11-19(26-23-18)12-1-2-12/h11-17H,1-10,21H2,(H,22,25)/t13?,14?,15-,16?,17?/m1/s1. The lowest BCUT2D eigenvalue weighted by molar-refractivity contribution is 0.0902. The molecule has 7 heteroatoms. The highest BCUT2D eigenvalue weighted by Gasteiger charge is 2.43. The zero-order valence-corrected chi connectivity index (χ0v) is 16.6. The highest BCUT2D eigenvalue weighted by Crippen LogP contribution is 2.44. The molecule has 0 radical (unpaired) electrons. The number of aromatic nitrogens is 1. The molecule has 1 aromatic heterocycles. The van der Waals surface area contributed by atoms with Gasteiger partial charge in [-0.2, -0.15) is 0 Å². The zero-order valence-electron chi connectivity index (χ0n) is 15.8. The molecule has 2 saturated heterocycles. The van der Waals surface area contributed by atoms with Gasteiger partial charge in [-0.1, -0.05) is 17.1 Å². The summed E-state index contributed by atoms with van der Waals surface area (Å²) >= 11 is 2.09. The minimum atomic E-state index is -0.0718. The summed E-state index contributed by atoms with van der Waals surface area (Å²) in [4.78, 5) is 12.6. The number of rotatable bonds is 5. The number of nitrogens with zero attached hydrogens (tertiary/aromatic N) is 2. The van der Waals surface area contributed by atoms with Crippen molar-refractivity contribution in [3.8, 4) is 0 Å². The largest absolute Gasteiger partial charge is 0.360 e. The van der Waals surface area contributed by atoms with Gasteiger partial charge in [-0.05, 0) is 64.2 Å². The molecule has 2 saturated carbocycles. The molecule has 1 aromatic rings. The predicted octanol–water partition coefficient (Wildman–Crippen LogP) is 3.20. The summed E-state index contributed by atoms with van der Waals surface area (Å²) in [6, 6.07) is 3.69.